The molecular formula is C12H19N3O3S. The minimum Gasteiger partial charge on any atom is -0.339 e. The van der Waals surface area contributed by atoms with Crippen molar-refractivity contribution >= 4 is 9.84 Å². The Morgan fingerprint density at radius 2 is 2.21 bits per heavy atom. The molecular weight excluding hydrogens is 266 g/mol. The Hall–Kier alpha value is -0.950. The van der Waals surface area contributed by atoms with Crippen LogP contribution in [-0.4, -0.2) is 43.2 Å². The molecule has 2 unspecified atom stereocenters. The lowest BCUT2D eigenvalue weighted by Gasteiger charge is -2.11. The normalized spacial score (nSPS) is 27.5. The summed E-state index contributed by atoms with van der Waals surface area (Å²) >= 11 is 0. The van der Waals surface area contributed by atoms with Gasteiger partial charge in [-0.1, -0.05) is 5.16 Å². The number of aromatic nitrogens is 2. The Morgan fingerprint density at radius 1 is 1.42 bits per heavy atom. The van der Waals surface area contributed by atoms with Crippen molar-refractivity contribution in [1.82, 2.24) is 15.5 Å². The summed E-state index contributed by atoms with van der Waals surface area (Å²) in [6.45, 7) is 0. The predicted octanol–water partition coefficient (Wildman–Crippen LogP) is 0.512. The average molecular weight is 285 g/mol. The summed E-state index contributed by atoms with van der Waals surface area (Å²) in [6, 6.07) is 0.389. The van der Waals surface area contributed by atoms with E-state index < -0.39 is 9.84 Å². The first-order valence-corrected chi connectivity index (χ1v) is 8.60. The summed E-state index contributed by atoms with van der Waals surface area (Å²) < 4.78 is 28.2. The van der Waals surface area contributed by atoms with E-state index in [0.29, 0.717) is 30.1 Å². The lowest BCUT2D eigenvalue weighted by Crippen LogP contribution is -2.29. The van der Waals surface area contributed by atoms with Crippen molar-refractivity contribution < 1.29 is 12.9 Å². The maximum absolute atomic E-state index is 11.4. The van der Waals surface area contributed by atoms with Gasteiger partial charge in [-0.15, -0.1) is 0 Å². The second kappa shape index (κ2) is 4.86. The molecule has 7 heteroatoms. The molecule has 3 rings (SSSR count). The van der Waals surface area contributed by atoms with Gasteiger partial charge >= 0.3 is 0 Å². The van der Waals surface area contributed by atoms with Crippen LogP contribution in [0.25, 0.3) is 0 Å². The monoisotopic (exact) mass is 285 g/mol. The number of nitrogens with zero attached hydrogens (tertiary/aromatic N) is 2. The summed E-state index contributed by atoms with van der Waals surface area (Å²) in [7, 11) is -0.951. The average Bonchev–Trinajstić information content (AvgIpc) is 3.00. The maximum Gasteiger partial charge on any atom is 0.228 e. The van der Waals surface area contributed by atoms with E-state index in [-0.39, 0.29) is 17.4 Å². The van der Waals surface area contributed by atoms with Crippen molar-refractivity contribution in [2.24, 2.45) is 5.92 Å². The molecule has 2 atom stereocenters. The van der Waals surface area contributed by atoms with Crippen LogP contribution in [0.4, 0.5) is 0 Å². The summed E-state index contributed by atoms with van der Waals surface area (Å²) in [5.41, 5.74) is 0. The number of hydrogen-bond donors (Lipinski definition) is 1. The second-order valence-electron chi connectivity index (χ2n) is 5.58. The molecule has 0 bridgehead atoms. The van der Waals surface area contributed by atoms with Crippen LogP contribution in [0, 0.1) is 5.92 Å². The second-order valence-corrected chi connectivity index (χ2v) is 7.81. The van der Waals surface area contributed by atoms with Gasteiger partial charge in [-0.25, -0.2) is 8.42 Å². The number of hydrogen-bond acceptors (Lipinski definition) is 6. The Labute approximate surface area is 112 Å². The maximum atomic E-state index is 11.4. The van der Waals surface area contributed by atoms with Crippen LogP contribution in [0.1, 0.15) is 36.9 Å². The Kier molecular flexibility index (Phi) is 3.34. The molecule has 1 aromatic rings. The molecule has 1 aliphatic heterocycles. The van der Waals surface area contributed by atoms with E-state index in [1.165, 1.54) is 12.8 Å². The van der Waals surface area contributed by atoms with Crippen LogP contribution in [0.3, 0.4) is 0 Å². The molecule has 0 aromatic carbocycles. The van der Waals surface area contributed by atoms with E-state index in [1.54, 1.807) is 0 Å². The number of sulfone groups is 1. The third kappa shape index (κ3) is 2.97. The van der Waals surface area contributed by atoms with Crippen molar-refractivity contribution in [2.45, 2.75) is 37.6 Å². The van der Waals surface area contributed by atoms with Crippen molar-refractivity contribution in [3.05, 3.63) is 11.7 Å². The zero-order valence-electron chi connectivity index (χ0n) is 11.0. The van der Waals surface area contributed by atoms with Crippen molar-refractivity contribution in [3.8, 4) is 0 Å². The highest BCUT2D eigenvalue weighted by atomic mass is 32.2. The molecule has 0 spiro atoms. The van der Waals surface area contributed by atoms with Gasteiger partial charge in [-0.05, 0) is 32.2 Å². The smallest absolute Gasteiger partial charge is 0.228 e. The highest BCUT2D eigenvalue weighted by Gasteiger charge is 2.34. The van der Waals surface area contributed by atoms with Crippen molar-refractivity contribution in [3.63, 3.8) is 0 Å². The van der Waals surface area contributed by atoms with E-state index >= 15 is 0 Å². The Bertz CT molecular complexity index is 550. The van der Waals surface area contributed by atoms with Gasteiger partial charge in [-0.2, -0.15) is 4.98 Å². The molecule has 1 saturated heterocycles. The SMILES string of the molecule is CNC(Cc1nc(C2CCS(=O)(=O)C2)no1)C1CC1. The topological polar surface area (TPSA) is 85.1 Å². The summed E-state index contributed by atoms with van der Waals surface area (Å²) in [4.78, 5) is 4.37. The minimum atomic E-state index is -2.90. The third-order valence-corrected chi connectivity index (χ3v) is 5.81. The molecule has 19 heavy (non-hydrogen) atoms. The Morgan fingerprint density at radius 3 is 2.79 bits per heavy atom. The van der Waals surface area contributed by atoms with Crippen LogP contribution < -0.4 is 5.32 Å². The van der Waals surface area contributed by atoms with E-state index in [1.807, 2.05) is 7.05 Å². The van der Waals surface area contributed by atoms with Gasteiger partial charge in [-0.3, -0.25) is 0 Å². The molecule has 2 aliphatic rings. The van der Waals surface area contributed by atoms with Gasteiger partial charge in [0.1, 0.15) is 0 Å². The first-order chi connectivity index (χ1) is 9.07. The van der Waals surface area contributed by atoms with Crippen LogP contribution in [-0.2, 0) is 16.3 Å². The molecule has 1 aromatic heterocycles. The van der Waals surface area contributed by atoms with Gasteiger partial charge in [0.2, 0.25) is 5.89 Å². The number of nitrogens with one attached hydrogen (secondary N) is 1. The van der Waals surface area contributed by atoms with Crippen LogP contribution >= 0.6 is 0 Å². The molecule has 0 radical (unpaired) electrons. The third-order valence-electron chi connectivity index (χ3n) is 4.04. The minimum absolute atomic E-state index is 0.0866. The summed E-state index contributed by atoms with van der Waals surface area (Å²) in [5, 5.41) is 7.23. The predicted molar refractivity (Wildman–Crippen MR) is 69.6 cm³/mol. The molecule has 0 amide bonds. The quantitative estimate of drug-likeness (QED) is 0.848. The zero-order chi connectivity index (χ0) is 13.5. The lowest BCUT2D eigenvalue weighted by atomic mass is 10.1. The molecule has 1 N–H and O–H groups in total. The van der Waals surface area contributed by atoms with Gasteiger partial charge in [0.05, 0.1) is 11.5 Å². The lowest BCUT2D eigenvalue weighted by molar-refractivity contribution is 0.347. The zero-order valence-corrected chi connectivity index (χ0v) is 11.8. The molecule has 2 heterocycles. The van der Waals surface area contributed by atoms with Crippen molar-refractivity contribution in [1.29, 1.82) is 0 Å². The van der Waals surface area contributed by atoms with Gasteiger partial charge in [0.25, 0.3) is 0 Å². The molecule has 106 valence electrons. The summed E-state index contributed by atoms with van der Waals surface area (Å²) in [5.74, 6) is 2.20. The Balaban J connectivity index is 1.66. The van der Waals surface area contributed by atoms with Crippen LogP contribution in [0.2, 0.25) is 0 Å². The fourth-order valence-electron chi connectivity index (χ4n) is 2.71. The first-order valence-electron chi connectivity index (χ1n) is 6.77. The highest BCUT2D eigenvalue weighted by Crippen LogP contribution is 2.34. The standard InChI is InChI=1S/C12H19N3O3S/c1-13-10(8-2-3-8)6-11-14-12(15-18-11)9-4-5-19(16,17)7-9/h8-10,13H,2-7H2,1H3. The fraction of sp³-hybridized carbons (Fsp3) is 0.833. The van der Waals surface area contributed by atoms with Crippen LogP contribution in [0.5, 0.6) is 0 Å². The molecule has 1 saturated carbocycles. The summed E-state index contributed by atoms with van der Waals surface area (Å²) in [6.07, 6.45) is 3.85. The van der Waals surface area contributed by atoms with Crippen molar-refractivity contribution in [2.75, 3.05) is 18.6 Å². The van der Waals surface area contributed by atoms with Crippen LogP contribution in [0.15, 0.2) is 4.52 Å². The number of rotatable bonds is 5. The van der Waals surface area contributed by atoms with E-state index in [0.717, 1.165) is 6.42 Å². The van der Waals surface area contributed by atoms with E-state index in [2.05, 4.69) is 15.5 Å². The van der Waals surface area contributed by atoms with Gasteiger partial charge < -0.3 is 9.84 Å². The molecule has 2 fully saturated rings. The fourth-order valence-corrected chi connectivity index (χ4v) is 4.45. The van der Waals surface area contributed by atoms with Gasteiger partial charge in [0, 0.05) is 18.4 Å². The largest absolute Gasteiger partial charge is 0.339 e. The highest BCUT2D eigenvalue weighted by molar-refractivity contribution is 7.91. The first kappa shape index (κ1) is 13.1. The molecule has 6 nitrogen and oxygen atoms in total. The van der Waals surface area contributed by atoms with Gasteiger partial charge in [0.15, 0.2) is 15.7 Å². The number of likely N-dealkylation sites (N-methyl/N-ethyl adjacent to an activating group) is 1. The van der Waals surface area contributed by atoms with E-state index in [9.17, 15) is 8.42 Å². The molecule has 1 aliphatic carbocycles. The van der Waals surface area contributed by atoms with E-state index in [4.69, 9.17) is 4.52 Å².